The number of benzene rings is 3. The summed E-state index contributed by atoms with van der Waals surface area (Å²) in [6, 6.07) is 26.1. The van der Waals surface area contributed by atoms with Gasteiger partial charge < -0.3 is 0 Å². The quantitative estimate of drug-likeness (QED) is 0.483. The van der Waals surface area contributed by atoms with Crippen molar-refractivity contribution in [1.82, 2.24) is 4.57 Å². The molecule has 0 aliphatic heterocycles. The van der Waals surface area contributed by atoms with Crippen molar-refractivity contribution in [3.63, 3.8) is 0 Å². The highest BCUT2D eigenvalue weighted by Gasteiger charge is 2.15. The van der Waals surface area contributed by atoms with Crippen LogP contribution in [0.4, 0.5) is 0 Å². The fourth-order valence-electron chi connectivity index (χ4n) is 3.51. The van der Waals surface area contributed by atoms with Crippen LogP contribution in [0.3, 0.4) is 0 Å². The molecule has 2 heteroatoms. The van der Waals surface area contributed by atoms with Crippen LogP contribution in [0, 0.1) is 13.8 Å². The molecule has 3 aromatic carbocycles. The van der Waals surface area contributed by atoms with Crippen LogP contribution in [-0.2, 0) is 13.1 Å². The topological polar surface area (TPSA) is 8.81 Å². The van der Waals surface area contributed by atoms with E-state index in [9.17, 15) is 0 Å². The smallest absolute Gasteiger partial charge is 0.226 e. The number of para-hydroxylation sites is 2. The summed E-state index contributed by atoms with van der Waals surface area (Å²) in [4.78, 5) is 0. The Bertz CT molecular complexity index is 946. The molecule has 0 aliphatic rings. The van der Waals surface area contributed by atoms with Gasteiger partial charge in [-0.25, -0.2) is 9.13 Å². The SMILES string of the molecule is Cc1cccc(Cn2c[n+](Cc3cccc(C)c3)c3ccccc32)c1. The Balaban J connectivity index is 1.73. The van der Waals surface area contributed by atoms with Crippen molar-refractivity contribution in [2.24, 2.45) is 0 Å². The van der Waals surface area contributed by atoms with Crippen LogP contribution < -0.4 is 4.57 Å². The first-order chi connectivity index (χ1) is 12.2. The number of hydrogen-bond acceptors (Lipinski definition) is 0. The third-order valence-electron chi connectivity index (χ3n) is 4.65. The molecule has 1 aromatic heterocycles. The minimum absolute atomic E-state index is 0.892. The molecule has 0 saturated heterocycles. The minimum atomic E-state index is 0.892. The predicted octanol–water partition coefficient (Wildman–Crippen LogP) is 4.64. The van der Waals surface area contributed by atoms with Gasteiger partial charge in [-0.1, -0.05) is 71.8 Å². The molecule has 0 bridgehead atoms. The van der Waals surface area contributed by atoms with Gasteiger partial charge in [0.2, 0.25) is 6.33 Å². The van der Waals surface area contributed by atoms with Crippen LogP contribution in [0.15, 0.2) is 79.1 Å². The molecule has 124 valence electrons. The maximum absolute atomic E-state index is 2.35. The van der Waals surface area contributed by atoms with Gasteiger partial charge in [0.25, 0.3) is 0 Å². The van der Waals surface area contributed by atoms with Crippen molar-refractivity contribution in [3.8, 4) is 0 Å². The van der Waals surface area contributed by atoms with Gasteiger partial charge in [-0.15, -0.1) is 0 Å². The summed E-state index contributed by atoms with van der Waals surface area (Å²) >= 11 is 0. The summed E-state index contributed by atoms with van der Waals surface area (Å²) in [6.07, 6.45) is 2.25. The van der Waals surface area contributed by atoms with E-state index in [4.69, 9.17) is 0 Å². The van der Waals surface area contributed by atoms with Gasteiger partial charge in [0, 0.05) is 0 Å². The van der Waals surface area contributed by atoms with Crippen molar-refractivity contribution in [2.75, 3.05) is 0 Å². The lowest BCUT2D eigenvalue weighted by Gasteiger charge is -2.01. The summed E-state index contributed by atoms with van der Waals surface area (Å²) < 4.78 is 4.69. The number of aryl methyl sites for hydroxylation is 2. The van der Waals surface area contributed by atoms with Crippen LogP contribution in [0.5, 0.6) is 0 Å². The standard InChI is InChI=1S/C23H23N2/c1-18-7-5-9-20(13-18)15-24-17-25(23-12-4-3-11-22(23)24)16-21-10-6-8-19(2)14-21/h3-14,17H,15-16H2,1-2H3/q+1. The minimum Gasteiger partial charge on any atom is -0.226 e. The van der Waals surface area contributed by atoms with Gasteiger partial charge in [0.15, 0.2) is 11.0 Å². The normalized spacial score (nSPS) is 11.1. The van der Waals surface area contributed by atoms with E-state index in [2.05, 4.69) is 102 Å². The Morgan fingerprint density at radius 1 is 0.760 bits per heavy atom. The van der Waals surface area contributed by atoms with Crippen molar-refractivity contribution >= 4 is 11.0 Å². The van der Waals surface area contributed by atoms with E-state index in [0.717, 1.165) is 13.1 Å². The second-order valence-corrected chi connectivity index (χ2v) is 6.84. The number of nitrogens with zero attached hydrogens (tertiary/aromatic N) is 2. The fraction of sp³-hybridized carbons (Fsp3) is 0.174. The highest BCUT2D eigenvalue weighted by atomic mass is 15.1. The number of imidazole rings is 1. The molecule has 0 unspecified atom stereocenters. The molecule has 0 aliphatic carbocycles. The average Bonchev–Trinajstić information content (AvgIpc) is 2.93. The fourth-order valence-corrected chi connectivity index (χ4v) is 3.51. The van der Waals surface area contributed by atoms with E-state index in [-0.39, 0.29) is 0 Å². The molecule has 0 amide bonds. The molecule has 25 heavy (non-hydrogen) atoms. The Hall–Kier alpha value is -2.87. The summed E-state index contributed by atoms with van der Waals surface area (Å²) in [6.45, 7) is 6.08. The van der Waals surface area contributed by atoms with Gasteiger partial charge >= 0.3 is 0 Å². The number of aromatic nitrogens is 2. The first kappa shape index (κ1) is 15.6. The van der Waals surface area contributed by atoms with Gasteiger partial charge in [0.1, 0.15) is 13.1 Å². The van der Waals surface area contributed by atoms with Gasteiger partial charge in [-0.2, -0.15) is 0 Å². The van der Waals surface area contributed by atoms with Gasteiger partial charge in [-0.3, -0.25) is 0 Å². The molecule has 0 fully saturated rings. The largest absolute Gasteiger partial charge is 0.245 e. The Morgan fingerprint density at radius 2 is 1.44 bits per heavy atom. The maximum atomic E-state index is 2.35. The molecule has 1 heterocycles. The molecule has 4 rings (SSSR count). The molecule has 0 saturated carbocycles. The molecule has 4 aromatic rings. The third-order valence-corrected chi connectivity index (χ3v) is 4.65. The van der Waals surface area contributed by atoms with Gasteiger partial charge in [-0.05, 0) is 37.1 Å². The summed E-state index contributed by atoms with van der Waals surface area (Å²) in [7, 11) is 0. The lowest BCUT2D eigenvalue weighted by Crippen LogP contribution is -2.32. The van der Waals surface area contributed by atoms with Crippen molar-refractivity contribution < 1.29 is 4.57 Å². The lowest BCUT2D eigenvalue weighted by molar-refractivity contribution is -0.663. The monoisotopic (exact) mass is 327 g/mol. The molecular formula is C23H23N2+. The average molecular weight is 327 g/mol. The summed E-state index contributed by atoms with van der Waals surface area (Å²) in [5, 5.41) is 0. The zero-order chi connectivity index (χ0) is 17.2. The molecule has 0 atom stereocenters. The van der Waals surface area contributed by atoms with Crippen LogP contribution in [0.25, 0.3) is 11.0 Å². The van der Waals surface area contributed by atoms with Crippen molar-refractivity contribution in [3.05, 3.63) is 101 Å². The summed E-state index contributed by atoms with van der Waals surface area (Å²) in [5.41, 5.74) is 7.84. The van der Waals surface area contributed by atoms with Crippen LogP contribution in [0.1, 0.15) is 22.3 Å². The zero-order valence-electron chi connectivity index (χ0n) is 14.8. The van der Waals surface area contributed by atoms with Crippen LogP contribution in [0.2, 0.25) is 0 Å². The first-order valence-electron chi connectivity index (χ1n) is 8.77. The number of fused-ring (bicyclic) bond motifs is 1. The lowest BCUT2D eigenvalue weighted by atomic mass is 10.1. The first-order valence-corrected chi connectivity index (χ1v) is 8.77. The maximum Gasteiger partial charge on any atom is 0.245 e. The zero-order valence-corrected chi connectivity index (χ0v) is 14.8. The van der Waals surface area contributed by atoms with Crippen molar-refractivity contribution in [1.29, 1.82) is 0 Å². The van der Waals surface area contributed by atoms with Crippen LogP contribution in [-0.4, -0.2) is 4.57 Å². The molecule has 2 nitrogen and oxygen atoms in total. The Kier molecular flexibility index (Phi) is 4.10. The third kappa shape index (κ3) is 3.34. The Labute approximate surface area is 149 Å². The molecular weight excluding hydrogens is 304 g/mol. The Morgan fingerprint density at radius 3 is 2.20 bits per heavy atom. The van der Waals surface area contributed by atoms with E-state index in [1.54, 1.807) is 0 Å². The van der Waals surface area contributed by atoms with Crippen molar-refractivity contribution in [2.45, 2.75) is 26.9 Å². The number of rotatable bonds is 4. The highest BCUT2D eigenvalue weighted by Crippen LogP contribution is 2.15. The second-order valence-electron chi connectivity index (χ2n) is 6.84. The highest BCUT2D eigenvalue weighted by molar-refractivity contribution is 5.71. The predicted molar refractivity (Wildman–Crippen MR) is 103 cm³/mol. The molecule has 0 N–H and O–H groups in total. The van der Waals surface area contributed by atoms with E-state index < -0.39 is 0 Å². The molecule has 0 spiro atoms. The van der Waals surface area contributed by atoms with Gasteiger partial charge in [0.05, 0.1) is 0 Å². The second kappa shape index (κ2) is 6.56. The van der Waals surface area contributed by atoms with E-state index in [1.807, 2.05) is 0 Å². The number of hydrogen-bond donors (Lipinski definition) is 0. The molecule has 0 radical (unpaired) electrons. The van der Waals surface area contributed by atoms with E-state index in [0.29, 0.717) is 0 Å². The summed E-state index contributed by atoms with van der Waals surface area (Å²) in [5.74, 6) is 0. The van der Waals surface area contributed by atoms with Crippen LogP contribution >= 0.6 is 0 Å². The van der Waals surface area contributed by atoms with E-state index in [1.165, 1.54) is 33.3 Å². The van der Waals surface area contributed by atoms with E-state index >= 15 is 0 Å².